The Morgan fingerprint density at radius 1 is 1.37 bits per heavy atom. The zero-order valence-electron chi connectivity index (χ0n) is 17.0. The molecule has 1 fully saturated rings. The van der Waals surface area contributed by atoms with Crippen LogP contribution in [0, 0.1) is 11.8 Å². The van der Waals surface area contributed by atoms with Crippen LogP contribution in [0.1, 0.15) is 56.7 Å². The summed E-state index contributed by atoms with van der Waals surface area (Å²) in [5.41, 5.74) is 1.70. The number of nitrogens with zero attached hydrogens (tertiary/aromatic N) is 1. The number of halogens is 3. The number of carbonyl (C=O) groups excluding carboxylic acids is 1. The fourth-order valence-electron chi connectivity index (χ4n) is 3.89. The number of aromatic nitrogens is 1. The fourth-order valence-corrected chi connectivity index (χ4v) is 5.44. The number of hydrogen-bond acceptors (Lipinski definition) is 4. The molecule has 4 atom stereocenters. The van der Waals surface area contributed by atoms with E-state index in [1.807, 2.05) is 12.1 Å². The van der Waals surface area contributed by atoms with Crippen LogP contribution in [0.2, 0.25) is 5.15 Å². The Bertz CT molecular complexity index is 759. The molecule has 1 aromatic heterocycles. The number of alkyl halides is 2. The van der Waals surface area contributed by atoms with E-state index in [2.05, 4.69) is 33.1 Å². The van der Waals surface area contributed by atoms with Gasteiger partial charge in [0.05, 0.1) is 5.69 Å². The number of ether oxygens (including phenoxy) is 1. The molecule has 8 heteroatoms. The van der Waals surface area contributed by atoms with Crippen LogP contribution in [0.5, 0.6) is 0 Å². The van der Waals surface area contributed by atoms with Gasteiger partial charge in [0, 0.05) is 23.5 Å². The van der Waals surface area contributed by atoms with E-state index < -0.39 is 5.97 Å². The van der Waals surface area contributed by atoms with E-state index in [4.69, 9.17) is 33.0 Å². The molecule has 0 aliphatic heterocycles. The summed E-state index contributed by atoms with van der Waals surface area (Å²) in [5, 5.41) is 9.15. The molecule has 5 nitrogen and oxygen atoms in total. The topological polar surface area (TPSA) is 76.5 Å². The first-order valence-electron chi connectivity index (χ1n) is 10.2. The van der Waals surface area contributed by atoms with E-state index in [1.54, 1.807) is 0 Å². The fraction of sp³-hybridized carbons (Fsp3) is 0.591. The summed E-state index contributed by atoms with van der Waals surface area (Å²) < 4.78 is 5.02. The summed E-state index contributed by atoms with van der Waals surface area (Å²) in [6, 6.07) is 3.77. The van der Waals surface area contributed by atoms with Crippen molar-refractivity contribution in [3.05, 3.63) is 40.7 Å². The predicted octanol–water partition coefficient (Wildman–Crippen LogP) is 5.94. The third-order valence-electron chi connectivity index (χ3n) is 5.35. The highest BCUT2D eigenvalue weighted by Gasteiger charge is 2.39. The summed E-state index contributed by atoms with van der Waals surface area (Å²) >= 11 is 16.6. The van der Waals surface area contributed by atoms with Crippen LogP contribution in [0.15, 0.2) is 24.3 Å². The summed E-state index contributed by atoms with van der Waals surface area (Å²) in [6.07, 6.45) is 9.61. The van der Waals surface area contributed by atoms with Gasteiger partial charge in [0.2, 0.25) is 0 Å². The number of pyridine rings is 1. The van der Waals surface area contributed by atoms with E-state index in [0.29, 0.717) is 29.1 Å². The minimum absolute atomic E-state index is 0.0632. The second-order valence-corrected chi connectivity index (χ2v) is 9.79. The zero-order valence-corrected chi connectivity index (χ0v) is 20.1. The summed E-state index contributed by atoms with van der Waals surface area (Å²) in [6.45, 7) is 1.48. The van der Waals surface area contributed by atoms with Crippen molar-refractivity contribution < 1.29 is 19.4 Å². The highest BCUT2D eigenvalue weighted by molar-refractivity contribution is 9.09. The zero-order chi connectivity index (χ0) is 22.1. The Hall–Kier alpha value is -1.11. The summed E-state index contributed by atoms with van der Waals surface area (Å²) in [5.74, 6) is -0.260. The Morgan fingerprint density at radius 2 is 2.13 bits per heavy atom. The molecule has 1 saturated carbocycles. The Labute approximate surface area is 196 Å². The number of carboxylic acids is 1. The molecule has 0 spiro atoms. The molecule has 30 heavy (non-hydrogen) atoms. The largest absolute Gasteiger partial charge is 0.481 e. The lowest BCUT2D eigenvalue weighted by atomic mass is 9.87. The maximum Gasteiger partial charge on any atom is 0.303 e. The SMILES string of the molecule is CC(=O)OCc1cc(CC[C@H]2C(Cl)C(Br)C[C@@H]2C/C=C\CCCC(=O)O)cc(Cl)n1. The maximum absolute atomic E-state index is 11.0. The van der Waals surface area contributed by atoms with Gasteiger partial charge in [0.1, 0.15) is 11.8 Å². The molecule has 1 aliphatic rings. The average molecular weight is 521 g/mol. The van der Waals surface area contributed by atoms with Crippen molar-refractivity contribution in [2.45, 2.75) is 68.7 Å². The molecular weight excluding hydrogens is 493 g/mol. The monoisotopic (exact) mass is 519 g/mol. The maximum atomic E-state index is 11.0. The van der Waals surface area contributed by atoms with E-state index in [9.17, 15) is 9.59 Å². The number of unbranched alkanes of at least 4 members (excludes halogenated alkanes) is 1. The van der Waals surface area contributed by atoms with Crippen molar-refractivity contribution in [3.8, 4) is 0 Å². The van der Waals surface area contributed by atoms with E-state index in [-0.39, 0.29) is 29.2 Å². The lowest BCUT2D eigenvalue weighted by molar-refractivity contribution is -0.142. The van der Waals surface area contributed by atoms with E-state index in [1.165, 1.54) is 6.92 Å². The van der Waals surface area contributed by atoms with Gasteiger partial charge in [-0.25, -0.2) is 4.98 Å². The van der Waals surface area contributed by atoms with Crippen LogP contribution >= 0.6 is 39.1 Å². The highest BCUT2D eigenvalue weighted by Crippen LogP contribution is 2.44. The predicted molar refractivity (Wildman–Crippen MR) is 122 cm³/mol. The van der Waals surface area contributed by atoms with Gasteiger partial charge < -0.3 is 9.84 Å². The molecule has 0 saturated heterocycles. The van der Waals surface area contributed by atoms with Gasteiger partial charge in [-0.15, -0.1) is 11.6 Å². The first-order valence-corrected chi connectivity index (χ1v) is 11.9. The van der Waals surface area contributed by atoms with E-state index >= 15 is 0 Å². The molecule has 1 aromatic rings. The number of aliphatic carboxylic acids is 1. The molecule has 0 bridgehead atoms. The van der Waals surface area contributed by atoms with Crippen LogP contribution in [-0.4, -0.2) is 32.2 Å². The summed E-state index contributed by atoms with van der Waals surface area (Å²) in [4.78, 5) is 26.1. The lowest BCUT2D eigenvalue weighted by Gasteiger charge is -2.21. The average Bonchev–Trinajstić information content (AvgIpc) is 2.94. The number of aryl methyl sites for hydroxylation is 1. The van der Waals surface area contributed by atoms with Gasteiger partial charge in [0.25, 0.3) is 0 Å². The van der Waals surface area contributed by atoms with E-state index in [0.717, 1.165) is 37.7 Å². The van der Waals surface area contributed by atoms with Crippen molar-refractivity contribution >= 4 is 51.1 Å². The number of carboxylic acid groups (broad SMARTS) is 1. The van der Waals surface area contributed by atoms with Crippen LogP contribution in [-0.2, 0) is 27.4 Å². The van der Waals surface area contributed by atoms with Gasteiger partial charge >= 0.3 is 11.9 Å². The van der Waals surface area contributed by atoms with Crippen molar-refractivity contribution in [2.75, 3.05) is 0 Å². The molecule has 1 heterocycles. The first kappa shape index (κ1) is 25.2. The smallest absolute Gasteiger partial charge is 0.303 e. The van der Waals surface area contributed by atoms with Crippen LogP contribution in [0.3, 0.4) is 0 Å². The third kappa shape index (κ3) is 8.56. The van der Waals surface area contributed by atoms with Gasteiger partial charge in [-0.2, -0.15) is 0 Å². The van der Waals surface area contributed by atoms with Crippen LogP contribution in [0.25, 0.3) is 0 Å². The molecule has 1 N–H and O–H groups in total. The third-order valence-corrected chi connectivity index (χ3v) is 7.42. The number of esters is 1. The molecule has 166 valence electrons. The normalized spacial score (nSPS) is 23.7. The van der Waals surface area contributed by atoms with Crippen molar-refractivity contribution in [1.29, 1.82) is 0 Å². The second-order valence-electron chi connectivity index (χ2n) is 7.72. The summed E-state index contributed by atoms with van der Waals surface area (Å²) in [7, 11) is 0. The molecule has 0 radical (unpaired) electrons. The molecule has 1 aliphatic carbocycles. The second kappa shape index (κ2) is 12.7. The Morgan fingerprint density at radius 3 is 2.83 bits per heavy atom. The lowest BCUT2D eigenvalue weighted by Crippen LogP contribution is -2.18. The van der Waals surface area contributed by atoms with Gasteiger partial charge in [-0.05, 0) is 68.1 Å². The minimum atomic E-state index is -0.751. The van der Waals surface area contributed by atoms with Crippen molar-refractivity contribution in [3.63, 3.8) is 0 Å². The van der Waals surface area contributed by atoms with Gasteiger partial charge in [-0.1, -0.05) is 39.7 Å². The number of allylic oxidation sites excluding steroid dienone is 2. The Kier molecular flexibility index (Phi) is 10.6. The highest BCUT2D eigenvalue weighted by atomic mass is 79.9. The van der Waals surface area contributed by atoms with Crippen LogP contribution in [0.4, 0.5) is 0 Å². The molecular formula is C22H28BrCl2NO4. The van der Waals surface area contributed by atoms with Gasteiger partial charge in [0.15, 0.2) is 0 Å². The molecule has 0 amide bonds. The quantitative estimate of drug-likeness (QED) is 0.128. The molecule has 2 unspecified atom stereocenters. The van der Waals surface area contributed by atoms with Crippen molar-refractivity contribution in [2.24, 2.45) is 11.8 Å². The molecule has 2 rings (SSSR count). The Balaban J connectivity index is 1.92. The van der Waals surface area contributed by atoms with Crippen LogP contribution < -0.4 is 0 Å². The number of rotatable bonds is 11. The first-order chi connectivity index (χ1) is 14.3. The number of carbonyl (C=O) groups is 2. The molecule has 0 aromatic carbocycles. The minimum Gasteiger partial charge on any atom is -0.481 e. The van der Waals surface area contributed by atoms with Crippen molar-refractivity contribution in [1.82, 2.24) is 4.98 Å². The number of hydrogen-bond donors (Lipinski definition) is 1. The standard InChI is InChI=1S/C22H28BrCl2NO4/c1-14(27)30-13-17-10-15(11-20(24)26-17)8-9-18-16(12-19(23)22(18)25)6-4-2-3-5-7-21(28)29/h2,4,10-11,16,18-19,22H,3,5-9,12-13H2,1H3,(H,28,29)/b4-2-/t16-,18+,19?,22?/m0/s1. The van der Waals surface area contributed by atoms with Gasteiger partial charge in [-0.3, -0.25) is 9.59 Å².